The Morgan fingerprint density at radius 1 is 1.33 bits per heavy atom. The fourth-order valence-electron chi connectivity index (χ4n) is 1.48. The van der Waals surface area contributed by atoms with Crippen LogP contribution in [0.1, 0.15) is 10.5 Å². The lowest BCUT2D eigenvalue weighted by Crippen LogP contribution is -2.19. The van der Waals surface area contributed by atoms with E-state index >= 15 is 0 Å². The van der Waals surface area contributed by atoms with Gasteiger partial charge in [-0.3, -0.25) is 19.7 Å². The number of carbonyl (C=O) groups excluding carboxylic acids is 1. The van der Waals surface area contributed by atoms with Crippen LogP contribution in [0.2, 0.25) is 0 Å². The maximum Gasteiger partial charge on any atom is 0.298 e. The van der Waals surface area contributed by atoms with Gasteiger partial charge in [-0.15, -0.1) is 0 Å². The normalized spacial score (nSPS) is 10.2. The number of halogens is 2. The number of hydrogen-bond acceptors (Lipinski definition) is 5. The molecule has 1 aromatic heterocycles. The molecule has 1 amide bonds. The number of nitro benzene ring substituents is 1. The first kappa shape index (κ1) is 14.2. The van der Waals surface area contributed by atoms with Gasteiger partial charge in [-0.1, -0.05) is 0 Å². The van der Waals surface area contributed by atoms with Gasteiger partial charge in [0.1, 0.15) is 11.5 Å². The zero-order chi connectivity index (χ0) is 15.6. The van der Waals surface area contributed by atoms with Gasteiger partial charge < -0.3 is 5.32 Å². The largest absolute Gasteiger partial charge is 0.312 e. The summed E-state index contributed by atoms with van der Waals surface area (Å²) in [7, 11) is 0. The summed E-state index contributed by atoms with van der Waals surface area (Å²) in [4.78, 5) is 32.3. The Morgan fingerprint density at radius 2 is 2.05 bits per heavy atom. The zero-order valence-electron chi connectivity index (χ0n) is 10.1. The van der Waals surface area contributed by atoms with Gasteiger partial charge in [-0.2, -0.15) is 5.10 Å². The van der Waals surface area contributed by atoms with Crippen molar-refractivity contribution in [3.05, 3.63) is 62.1 Å². The summed E-state index contributed by atoms with van der Waals surface area (Å²) in [6.45, 7) is 0. The number of H-pyrrole nitrogens is 1. The fourth-order valence-corrected chi connectivity index (χ4v) is 1.48. The first-order chi connectivity index (χ1) is 9.88. The van der Waals surface area contributed by atoms with E-state index in [9.17, 15) is 28.5 Å². The molecular formula is C11H6F2N4O4. The molecule has 0 fully saturated rings. The molecule has 0 atom stereocenters. The van der Waals surface area contributed by atoms with Crippen molar-refractivity contribution in [2.75, 3.05) is 5.32 Å². The molecule has 2 N–H and O–H groups in total. The summed E-state index contributed by atoms with van der Waals surface area (Å²) < 4.78 is 26.5. The van der Waals surface area contributed by atoms with Crippen LogP contribution in [0.25, 0.3) is 0 Å². The number of amides is 1. The van der Waals surface area contributed by atoms with Crippen molar-refractivity contribution in [2.45, 2.75) is 0 Å². The fraction of sp³-hybridized carbons (Fsp3) is 0. The average Bonchev–Trinajstić information content (AvgIpc) is 2.41. The van der Waals surface area contributed by atoms with Crippen molar-refractivity contribution in [1.82, 2.24) is 10.2 Å². The number of carbonyl (C=O) groups is 1. The highest BCUT2D eigenvalue weighted by Gasteiger charge is 2.23. The van der Waals surface area contributed by atoms with Gasteiger partial charge in [0.15, 0.2) is 11.5 Å². The third-order valence-electron chi connectivity index (χ3n) is 2.38. The topological polar surface area (TPSA) is 118 Å². The summed E-state index contributed by atoms with van der Waals surface area (Å²) in [5.41, 5.74) is -2.59. The summed E-state index contributed by atoms with van der Waals surface area (Å²) in [6, 6.07) is 2.90. The molecule has 2 rings (SSSR count). The highest BCUT2D eigenvalue weighted by molar-refractivity contribution is 6.04. The third kappa shape index (κ3) is 3.05. The molecule has 108 valence electrons. The van der Waals surface area contributed by atoms with E-state index in [0.29, 0.717) is 12.1 Å². The van der Waals surface area contributed by atoms with Gasteiger partial charge in [0, 0.05) is 12.1 Å². The number of aromatic nitrogens is 2. The van der Waals surface area contributed by atoms with Crippen molar-refractivity contribution in [2.24, 2.45) is 0 Å². The molecule has 1 aromatic carbocycles. The Hall–Kier alpha value is -3.17. The Kier molecular flexibility index (Phi) is 3.69. The first-order valence-electron chi connectivity index (χ1n) is 5.39. The van der Waals surface area contributed by atoms with Crippen molar-refractivity contribution < 1.29 is 18.5 Å². The molecule has 0 spiro atoms. The van der Waals surface area contributed by atoms with Gasteiger partial charge in [0.25, 0.3) is 17.2 Å². The molecule has 0 aliphatic carbocycles. The van der Waals surface area contributed by atoms with Crippen molar-refractivity contribution in [3.63, 3.8) is 0 Å². The number of nitro groups is 1. The monoisotopic (exact) mass is 296 g/mol. The Labute approximate surface area is 114 Å². The predicted molar refractivity (Wildman–Crippen MR) is 65.8 cm³/mol. The molecule has 0 aliphatic heterocycles. The van der Waals surface area contributed by atoms with Crippen LogP contribution < -0.4 is 10.9 Å². The number of anilines is 1. The van der Waals surface area contributed by atoms with E-state index in [4.69, 9.17) is 0 Å². The molecule has 8 nitrogen and oxygen atoms in total. The highest BCUT2D eigenvalue weighted by atomic mass is 19.1. The average molecular weight is 296 g/mol. The zero-order valence-corrected chi connectivity index (χ0v) is 10.1. The van der Waals surface area contributed by atoms with Crippen molar-refractivity contribution in [3.8, 4) is 0 Å². The van der Waals surface area contributed by atoms with Crippen LogP contribution in [-0.4, -0.2) is 21.0 Å². The number of nitrogens with one attached hydrogen (secondary N) is 2. The van der Waals surface area contributed by atoms with Crippen LogP contribution in [0.3, 0.4) is 0 Å². The standard InChI is InChI=1S/C11H6F2N4O4/c12-5-3-6(13)10(8(4-5)17(20)21)14-11(19)7-1-2-9(18)16-15-7/h1-4H,(H,14,19)(H,16,18). The maximum atomic E-state index is 13.6. The highest BCUT2D eigenvalue weighted by Crippen LogP contribution is 2.28. The van der Waals surface area contributed by atoms with E-state index in [2.05, 4.69) is 5.10 Å². The van der Waals surface area contributed by atoms with Crippen molar-refractivity contribution in [1.29, 1.82) is 0 Å². The number of benzene rings is 1. The van der Waals surface area contributed by atoms with E-state index < -0.39 is 39.4 Å². The van der Waals surface area contributed by atoms with Gasteiger partial charge in [0.2, 0.25) is 0 Å². The molecular weight excluding hydrogens is 290 g/mol. The molecule has 10 heteroatoms. The van der Waals surface area contributed by atoms with E-state index in [1.165, 1.54) is 0 Å². The molecule has 2 aromatic rings. The van der Waals surface area contributed by atoms with Gasteiger partial charge >= 0.3 is 0 Å². The van der Waals surface area contributed by atoms with Gasteiger partial charge in [-0.25, -0.2) is 13.9 Å². The SMILES string of the molecule is O=C(Nc1c(F)cc(F)cc1[N+](=O)[O-])c1ccc(=O)[nH]n1. The summed E-state index contributed by atoms with van der Waals surface area (Å²) in [5.74, 6) is -3.46. The second-order valence-electron chi connectivity index (χ2n) is 3.80. The molecule has 0 aliphatic rings. The second kappa shape index (κ2) is 5.45. The quantitative estimate of drug-likeness (QED) is 0.652. The smallest absolute Gasteiger partial charge is 0.298 e. The number of nitrogens with zero attached hydrogens (tertiary/aromatic N) is 2. The van der Waals surface area contributed by atoms with Crippen molar-refractivity contribution >= 4 is 17.3 Å². The first-order valence-corrected chi connectivity index (χ1v) is 5.39. The van der Waals surface area contributed by atoms with Crippen LogP contribution >= 0.6 is 0 Å². The van der Waals surface area contributed by atoms with Crippen LogP contribution in [-0.2, 0) is 0 Å². The molecule has 0 unspecified atom stereocenters. The molecule has 1 heterocycles. The number of aromatic amines is 1. The molecule has 0 bridgehead atoms. The third-order valence-corrected chi connectivity index (χ3v) is 2.38. The minimum absolute atomic E-state index is 0.298. The Balaban J connectivity index is 2.39. The summed E-state index contributed by atoms with van der Waals surface area (Å²) in [6.07, 6.45) is 0. The predicted octanol–water partition coefficient (Wildman–Crippen LogP) is 1.21. The minimum atomic E-state index is -1.31. The van der Waals surface area contributed by atoms with Crippen LogP contribution in [0, 0.1) is 21.7 Å². The van der Waals surface area contributed by atoms with E-state index in [1.54, 1.807) is 0 Å². The summed E-state index contributed by atoms with van der Waals surface area (Å²) in [5, 5.41) is 18.0. The molecule has 0 radical (unpaired) electrons. The molecule has 21 heavy (non-hydrogen) atoms. The van der Waals surface area contributed by atoms with E-state index in [0.717, 1.165) is 12.1 Å². The minimum Gasteiger partial charge on any atom is -0.312 e. The summed E-state index contributed by atoms with van der Waals surface area (Å²) >= 11 is 0. The lowest BCUT2D eigenvalue weighted by molar-refractivity contribution is -0.384. The van der Waals surface area contributed by atoms with Crippen LogP contribution in [0.4, 0.5) is 20.2 Å². The van der Waals surface area contributed by atoms with Crippen LogP contribution in [0.5, 0.6) is 0 Å². The lowest BCUT2D eigenvalue weighted by atomic mass is 10.2. The number of rotatable bonds is 3. The Morgan fingerprint density at radius 3 is 2.62 bits per heavy atom. The van der Waals surface area contributed by atoms with E-state index in [-0.39, 0.29) is 5.69 Å². The number of hydrogen-bond donors (Lipinski definition) is 2. The second-order valence-corrected chi connectivity index (χ2v) is 3.80. The molecule has 0 saturated heterocycles. The van der Waals surface area contributed by atoms with Gasteiger partial charge in [-0.05, 0) is 6.07 Å². The van der Waals surface area contributed by atoms with Gasteiger partial charge in [0.05, 0.1) is 11.0 Å². The maximum absolute atomic E-state index is 13.6. The van der Waals surface area contributed by atoms with E-state index in [1.807, 2.05) is 10.4 Å². The Bertz CT molecular complexity index is 770. The lowest BCUT2D eigenvalue weighted by Gasteiger charge is -2.06. The molecule has 0 saturated carbocycles. The van der Waals surface area contributed by atoms with Crippen LogP contribution in [0.15, 0.2) is 29.1 Å².